The average Bonchev–Trinajstić information content (AvgIpc) is 2.82. The third-order valence-corrected chi connectivity index (χ3v) is 5.61. The van der Waals surface area contributed by atoms with Crippen LogP contribution < -0.4 is 5.56 Å². The number of nitrogens with zero attached hydrogens (tertiary/aromatic N) is 3. The van der Waals surface area contributed by atoms with Crippen molar-refractivity contribution < 1.29 is 14.0 Å². The molecule has 0 spiro atoms. The van der Waals surface area contributed by atoms with Gasteiger partial charge >= 0.3 is 0 Å². The maximum absolute atomic E-state index is 13.7. The lowest BCUT2D eigenvalue weighted by Gasteiger charge is -2.40. The van der Waals surface area contributed by atoms with E-state index in [0.717, 1.165) is 16.7 Å². The Morgan fingerprint density at radius 3 is 2.55 bits per heavy atom. The van der Waals surface area contributed by atoms with Crippen molar-refractivity contribution in [2.24, 2.45) is 0 Å². The standard InChI is InChI=1S/C25H23FN4O3/c1-2-11-29-12-13-30(24(32)21-9-10-23(31)28-27-21)22(25(29)33)15-17-5-3-6-18(14-17)19-7-4-8-20(26)16-19/h2-10,14,16,22H,1,11-13,15H2,(H,28,31)/t22-/m1/s1. The quantitative estimate of drug-likeness (QED) is 0.590. The number of hydrogen-bond acceptors (Lipinski definition) is 4. The van der Waals surface area contributed by atoms with E-state index < -0.39 is 17.5 Å². The first-order valence-electron chi connectivity index (χ1n) is 10.6. The van der Waals surface area contributed by atoms with Gasteiger partial charge in [-0.1, -0.05) is 42.5 Å². The Morgan fingerprint density at radius 1 is 1.09 bits per heavy atom. The molecule has 7 nitrogen and oxygen atoms in total. The van der Waals surface area contributed by atoms with Crippen molar-refractivity contribution in [2.75, 3.05) is 19.6 Å². The van der Waals surface area contributed by atoms with E-state index in [1.54, 1.807) is 17.0 Å². The highest BCUT2D eigenvalue weighted by molar-refractivity contribution is 5.97. The highest BCUT2D eigenvalue weighted by Crippen LogP contribution is 2.24. The second kappa shape index (κ2) is 9.60. The Kier molecular flexibility index (Phi) is 6.44. The summed E-state index contributed by atoms with van der Waals surface area (Å²) in [5, 5.41) is 6.09. The van der Waals surface area contributed by atoms with E-state index in [4.69, 9.17) is 0 Å². The summed E-state index contributed by atoms with van der Waals surface area (Å²) in [6.45, 7) is 4.80. The van der Waals surface area contributed by atoms with Gasteiger partial charge in [-0.2, -0.15) is 5.10 Å². The molecule has 2 aromatic carbocycles. The van der Waals surface area contributed by atoms with Crippen LogP contribution in [0.4, 0.5) is 4.39 Å². The molecule has 8 heteroatoms. The lowest BCUT2D eigenvalue weighted by Crippen LogP contribution is -2.59. The number of piperazine rings is 1. The van der Waals surface area contributed by atoms with Gasteiger partial charge in [0.05, 0.1) is 0 Å². The van der Waals surface area contributed by atoms with Crippen LogP contribution >= 0.6 is 0 Å². The molecule has 168 valence electrons. The molecule has 0 aliphatic carbocycles. The predicted molar refractivity (Wildman–Crippen MR) is 122 cm³/mol. The molecule has 2 amide bonds. The Hall–Kier alpha value is -4.07. The topological polar surface area (TPSA) is 86.4 Å². The minimum Gasteiger partial charge on any atom is -0.335 e. The first-order valence-corrected chi connectivity index (χ1v) is 10.6. The molecule has 3 aromatic rings. The summed E-state index contributed by atoms with van der Waals surface area (Å²) in [6, 6.07) is 15.6. The van der Waals surface area contributed by atoms with Gasteiger partial charge in [0.25, 0.3) is 11.5 Å². The Labute approximate surface area is 190 Å². The maximum atomic E-state index is 13.7. The highest BCUT2D eigenvalue weighted by Gasteiger charge is 2.37. The molecule has 0 bridgehead atoms. The molecule has 1 fully saturated rings. The number of H-pyrrole nitrogens is 1. The van der Waals surface area contributed by atoms with Gasteiger partial charge in [0.1, 0.15) is 17.6 Å². The summed E-state index contributed by atoms with van der Waals surface area (Å²) < 4.78 is 13.7. The Morgan fingerprint density at radius 2 is 1.85 bits per heavy atom. The smallest absolute Gasteiger partial charge is 0.275 e. The zero-order chi connectivity index (χ0) is 23.4. The van der Waals surface area contributed by atoms with E-state index in [1.165, 1.54) is 29.2 Å². The third kappa shape index (κ3) is 4.90. The molecule has 0 radical (unpaired) electrons. The number of hydrogen-bond donors (Lipinski definition) is 1. The van der Waals surface area contributed by atoms with Crippen molar-refractivity contribution in [3.05, 3.63) is 101 Å². The van der Waals surface area contributed by atoms with Gasteiger partial charge in [-0.25, -0.2) is 9.49 Å². The van der Waals surface area contributed by atoms with Gasteiger partial charge in [0.15, 0.2) is 0 Å². The molecular weight excluding hydrogens is 423 g/mol. The number of aromatic amines is 1. The van der Waals surface area contributed by atoms with Crippen molar-refractivity contribution in [3.63, 3.8) is 0 Å². The SMILES string of the molecule is C=CCN1CCN(C(=O)c2ccc(=O)[nH]n2)[C@H](Cc2cccc(-c3cccc(F)c3)c2)C1=O. The largest absolute Gasteiger partial charge is 0.335 e. The van der Waals surface area contributed by atoms with Crippen molar-refractivity contribution in [1.29, 1.82) is 0 Å². The molecule has 1 aromatic heterocycles. The second-order valence-electron chi connectivity index (χ2n) is 7.81. The molecular formula is C25H23FN4O3. The van der Waals surface area contributed by atoms with Gasteiger partial charge in [-0.3, -0.25) is 14.4 Å². The summed E-state index contributed by atoms with van der Waals surface area (Å²) in [5.41, 5.74) is 2.04. The van der Waals surface area contributed by atoms with Crippen LogP contribution in [0, 0.1) is 5.82 Å². The molecule has 1 saturated heterocycles. The fraction of sp³-hybridized carbons (Fsp3) is 0.200. The summed E-state index contributed by atoms with van der Waals surface area (Å²) in [6.07, 6.45) is 1.94. The van der Waals surface area contributed by atoms with Crippen LogP contribution in [-0.2, 0) is 11.2 Å². The normalized spacial score (nSPS) is 16.0. The van der Waals surface area contributed by atoms with Crippen LogP contribution in [-0.4, -0.2) is 57.5 Å². The van der Waals surface area contributed by atoms with Crippen molar-refractivity contribution in [3.8, 4) is 11.1 Å². The van der Waals surface area contributed by atoms with Gasteiger partial charge < -0.3 is 9.80 Å². The van der Waals surface area contributed by atoms with E-state index in [0.29, 0.717) is 19.6 Å². The number of benzene rings is 2. The zero-order valence-corrected chi connectivity index (χ0v) is 17.9. The van der Waals surface area contributed by atoms with Crippen LogP contribution in [0.2, 0.25) is 0 Å². The summed E-state index contributed by atoms with van der Waals surface area (Å²) in [5.74, 6) is -0.940. The first-order chi connectivity index (χ1) is 16.0. The molecule has 1 aliphatic rings. The van der Waals surface area contributed by atoms with E-state index in [-0.39, 0.29) is 23.8 Å². The number of rotatable bonds is 6. The minimum atomic E-state index is -0.748. The fourth-order valence-corrected chi connectivity index (χ4v) is 4.00. The molecule has 33 heavy (non-hydrogen) atoms. The van der Waals surface area contributed by atoms with Gasteiger partial charge in [-0.05, 0) is 34.9 Å². The number of nitrogens with one attached hydrogen (secondary N) is 1. The zero-order valence-electron chi connectivity index (χ0n) is 17.9. The average molecular weight is 446 g/mol. The number of halogens is 1. The summed E-state index contributed by atoms with van der Waals surface area (Å²) >= 11 is 0. The number of carbonyl (C=O) groups excluding carboxylic acids is 2. The second-order valence-corrected chi connectivity index (χ2v) is 7.81. The van der Waals surface area contributed by atoms with Gasteiger partial charge in [0.2, 0.25) is 5.91 Å². The van der Waals surface area contributed by atoms with Crippen molar-refractivity contribution in [1.82, 2.24) is 20.0 Å². The van der Waals surface area contributed by atoms with Gasteiger partial charge in [-0.15, -0.1) is 6.58 Å². The van der Waals surface area contributed by atoms with Crippen LogP contribution in [0.3, 0.4) is 0 Å². The van der Waals surface area contributed by atoms with E-state index >= 15 is 0 Å². The van der Waals surface area contributed by atoms with Crippen molar-refractivity contribution in [2.45, 2.75) is 12.5 Å². The summed E-state index contributed by atoms with van der Waals surface area (Å²) in [4.78, 5) is 40.9. The van der Waals surface area contributed by atoms with Gasteiger partial charge in [0, 0.05) is 32.1 Å². The third-order valence-electron chi connectivity index (χ3n) is 5.61. The number of aromatic nitrogens is 2. The molecule has 0 unspecified atom stereocenters. The van der Waals surface area contributed by atoms with Crippen LogP contribution in [0.1, 0.15) is 16.1 Å². The molecule has 0 saturated carbocycles. The Balaban J connectivity index is 1.65. The number of carbonyl (C=O) groups is 2. The van der Waals surface area contributed by atoms with E-state index in [2.05, 4.69) is 16.8 Å². The molecule has 2 heterocycles. The first kappa shape index (κ1) is 22.1. The molecule has 1 N–H and O–H groups in total. The lowest BCUT2D eigenvalue weighted by molar-refractivity contribution is -0.139. The summed E-state index contributed by atoms with van der Waals surface area (Å²) in [7, 11) is 0. The monoisotopic (exact) mass is 446 g/mol. The lowest BCUT2D eigenvalue weighted by atomic mass is 9.97. The predicted octanol–water partition coefficient (Wildman–Crippen LogP) is 2.66. The Bertz CT molecular complexity index is 1240. The fourth-order valence-electron chi connectivity index (χ4n) is 4.00. The number of amides is 2. The van der Waals surface area contributed by atoms with E-state index in [9.17, 15) is 18.8 Å². The minimum absolute atomic E-state index is 0.0677. The van der Waals surface area contributed by atoms with E-state index in [1.807, 2.05) is 30.3 Å². The maximum Gasteiger partial charge on any atom is 0.275 e. The molecule has 1 atom stereocenters. The van der Waals surface area contributed by atoms with Crippen molar-refractivity contribution >= 4 is 11.8 Å². The van der Waals surface area contributed by atoms with Crippen LogP contribution in [0.25, 0.3) is 11.1 Å². The van der Waals surface area contributed by atoms with Crippen LogP contribution in [0.15, 0.2) is 78.1 Å². The highest BCUT2D eigenvalue weighted by atomic mass is 19.1. The molecule has 1 aliphatic heterocycles. The molecule has 4 rings (SSSR count). The van der Waals surface area contributed by atoms with Crippen LogP contribution in [0.5, 0.6) is 0 Å².